The maximum Gasteiger partial charge on any atom is 0.416 e. The molecule has 1 aromatic heterocycles. The molecular weight excluding hydrogens is 301 g/mol. The van der Waals surface area contributed by atoms with Crippen molar-refractivity contribution < 1.29 is 13.2 Å². The SMILES string of the molecule is O=c1ccn(-c2cc(C(F)(F)F)ccc2Cl)c(=S)[nH]1. The van der Waals surface area contributed by atoms with Gasteiger partial charge in [0.25, 0.3) is 5.56 Å². The molecule has 0 aliphatic rings. The highest BCUT2D eigenvalue weighted by Crippen LogP contribution is 2.32. The average molecular weight is 307 g/mol. The molecule has 100 valence electrons. The zero-order chi connectivity index (χ0) is 14.2. The van der Waals surface area contributed by atoms with Crippen LogP contribution >= 0.6 is 23.8 Å². The summed E-state index contributed by atoms with van der Waals surface area (Å²) in [6.45, 7) is 0. The molecule has 0 aliphatic heterocycles. The van der Waals surface area contributed by atoms with Gasteiger partial charge in [0, 0.05) is 12.3 Å². The highest BCUT2D eigenvalue weighted by Gasteiger charge is 2.31. The third kappa shape index (κ3) is 2.87. The van der Waals surface area contributed by atoms with Gasteiger partial charge in [-0.15, -0.1) is 0 Å². The minimum absolute atomic E-state index is 0.0336. The lowest BCUT2D eigenvalue weighted by molar-refractivity contribution is -0.137. The molecule has 0 saturated heterocycles. The number of aromatic amines is 1. The van der Waals surface area contributed by atoms with Crippen LogP contribution in [0, 0.1) is 4.77 Å². The molecule has 1 N–H and O–H groups in total. The Labute approximate surface area is 115 Å². The summed E-state index contributed by atoms with van der Waals surface area (Å²) >= 11 is 10.8. The highest BCUT2D eigenvalue weighted by molar-refractivity contribution is 7.71. The second-order valence-corrected chi connectivity index (χ2v) is 4.44. The first-order valence-electron chi connectivity index (χ1n) is 4.98. The number of aromatic nitrogens is 2. The Hall–Kier alpha value is -1.60. The van der Waals surface area contributed by atoms with Crippen LogP contribution in [-0.4, -0.2) is 9.55 Å². The highest BCUT2D eigenvalue weighted by atomic mass is 35.5. The van der Waals surface area contributed by atoms with E-state index in [-0.39, 0.29) is 15.5 Å². The lowest BCUT2D eigenvalue weighted by atomic mass is 10.2. The van der Waals surface area contributed by atoms with Crippen molar-refractivity contribution in [2.75, 3.05) is 0 Å². The van der Waals surface area contributed by atoms with E-state index >= 15 is 0 Å². The van der Waals surface area contributed by atoms with Crippen LogP contribution in [0.5, 0.6) is 0 Å². The van der Waals surface area contributed by atoms with Gasteiger partial charge < -0.3 is 0 Å². The van der Waals surface area contributed by atoms with Gasteiger partial charge >= 0.3 is 6.18 Å². The number of nitrogens with one attached hydrogen (secondary N) is 1. The molecule has 1 heterocycles. The molecule has 3 nitrogen and oxygen atoms in total. The fourth-order valence-electron chi connectivity index (χ4n) is 1.48. The quantitative estimate of drug-likeness (QED) is 0.818. The Morgan fingerprint density at radius 2 is 1.95 bits per heavy atom. The number of benzene rings is 1. The number of rotatable bonds is 1. The Morgan fingerprint density at radius 3 is 2.53 bits per heavy atom. The molecule has 8 heteroatoms. The molecule has 0 atom stereocenters. The van der Waals surface area contributed by atoms with E-state index in [1.807, 2.05) is 0 Å². The fraction of sp³-hybridized carbons (Fsp3) is 0.0909. The van der Waals surface area contributed by atoms with Crippen LogP contribution in [-0.2, 0) is 6.18 Å². The van der Waals surface area contributed by atoms with Crippen molar-refractivity contribution in [1.82, 2.24) is 9.55 Å². The Bertz CT molecular complexity index is 736. The maximum atomic E-state index is 12.6. The second-order valence-electron chi connectivity index (χ2n) is 3.64. The van der Waals surface area contributed by atoms with Crippen molar-refractivity contribution in [2.45, 2.75) is 6.18 Å². The molecule has 0 fully saturated rings. The number of halogens is 4. The van der Waals surface area contributed by atoms with E-state index in [1.165, 1.54) is 10.8 Å². The molecule has 2 rings (SSSR count). The Kier molecular flexibility index (Phi) is 3.51. The number of hydrogen-bond donors (Lipinski definition) is 1. The van der Waals surface area contributed by atoms with E-state index in [1.54, 1.807) is 0 Å². The molecule has 1 aromatic carbocycles. The van der Waals surface area contributed by atoms with Crippen LogP contribution < -0.4 is 5.56 Å². The van der Waals surface area contributed by atoms with Gasteiger partial charge in [-0.05, 0) is 30.4 Å². The van der Waals surface area contributed by atoms with E-state index in [9.17, 15) is 18.0 Å². The third-order valence-electron chi connectivity index (χ3n) is 2.36. The summed E-state index contributed by atoms with van der Waals surface area (Å²) in [7, 11) is 0. The summed E-state index contributed by atoms with van der Waals surface area (Å²) < 4.78 is 39.1. The van der Waals surface area contributed by atoms with E-state index in [0.29, 0.717) is 0 Å². The van der Waals surface area contributed by atoms with Crippen LogP contribution in [0.25, 0.3) is 5.69 Å². The van der Waals surface area contributed by atoms with Crippen LogP contribution in [0.15, 0.2) is 35.3 Å². The Balaban J connectivity index is 2.68. The molecule has 0 amide bonds. The van der Waals surface area contributed by atoms with E-state index in [2.05, 4.69) is 4.98 Å². The Morgan fingerprint density at radius 1 is 1.26 bits per heavy atom. The number of H-pyrrole nitrogens is 1. The maximum absolute atomic E-state index is 12.6. The summed E-state index contributed by atoms with van der Waals surface area (Å²) in [5.74, 6) is 0. The summed E-state index contributed by atoms with van der Waals surface area (Å²) in [5.41, 5.74) is -1.23. The van der Waals surface area contributed by atoms with Gasteiger partial charge in [-0.1, -0.05) is 11.6 Å². The van der Waals surface area contributed by atoms with Crippen molar-refractivity contribution in [3.05, 3.63) is 56.2 Å². The molecule has 0 unspecified atom stereocenters. The van der Waals surface area contributed by atoms with Crippen LogP contribution in [0.4, 0.5) is 13.2 Å². The van der Waals surface area contributed by atoms with Gasteiger partial charge in [-0.3, -0.25) is 14.3 Å². The molecule has 0 aliphatic carbocycles. The first-order valence-corrected chi connectivity index (χ1v) is 5.77. The van der Waals surface area contributed by atoms with Crippen LogP contribution in [0.3, 0.4) is 0 Å². The third-order valence-corrected chi connectivity index (χ3v) is 2.98. The van der Waals surface area contributed by atoms with Crippen molar-refractivity contribution >= 4 is 23.8 Å². The number of hydrogen-bond acceptors (Lipinski definition) is 2. The zero-order valence-corrected chi connectivity index (χ0v) is 10.7. The molecule has 0 bridgehead atoms. The van der Waals surface area contributed by atoms with E-state index in [0.717, 1.165) is 24.3 Å². The van der Waals surface area contributed by atoms with Gasteiger partial charge in [0.1, 0.15) is 0 Å². The predicted molar refractivity (Wildman–Crippen MR) is 67.2 cm³/mol. The van der Waals surface area contributed by atoms with E-state index in [4.69, 9.17) is 23.8 Å². The molecule has 0 spiro atoms. The largest absolute Gasteiger partial charge is 0.416 e. The summed E-state index contributed by atoms with van der Waals surface area (Å²) in [6.07, 6.45) is -3.22. The van der Waals surface area contributed by atoms with Gasteiger partial charge in [0.05, 0.1) is 16.3 Å². The average Bonchev–Trinajstić information content (AvgIpc) is 2.29. The summed E-state index contributed by atoms with van der Waals surface area (Å²) in [5, 5.41) is 0.0937. The minimum atomic E-state index is -4.48. The van der Waals surface area contributed by atoms with E-state index < -0.39 is 17.3 Å². The predicted octanol–water partition coefficient (Wildman–Crippen LogP) is 3.57. The van der Waals surface area contributed by atoms with Crippen molar-refractivity contribution in [3.63, 3.8) is 0 Å². The van der Waals surface area contributed by atoms with Crippen molar-refractivity contribution in [2.24, 2.45) is 0 Å². The standard InChI is InChI=1S/C11H6ClF3N2OS/c12-7-2-1-6(11(13,14)15)5-8(7)17-4-3-9(18)16-10(17)19/h1-5H,(H,16,18,19). The van der Waals surface area contributed by atoms with Crippen LogP contribution in [0.2, 0.25) is 5.02 Å². The summed E-state index contributed by atoms with van der Waals surface area (Å²) in [4.78, 5) is 13.3. The van der Waals surface area contributed by atoms with Gasteiger partial charge in [-0.2, -0.15) is 13.2 Å². The van der Waals surface area contributed by atoms with Crippen molar-refractivity contribution in [1.29, 1.82) is 0 Å². The summed E-state index contributed by atoms with van der Waals surface area (Å²) in [6, 6.07) is 4.02. The normalized spacial score (nSPS) is 11.6. The molecule has 0 radical (unpaired) electrons. The monoisotopic (exact) mass is 306 g/mol. The van der Waals surface area contributed by atoms with Crippen molar-refractivity contribution in [3.8, 4) is 5.69 Å². The fourth-order valence-corrected chi connectivity index (χ4v) is 1.95. The first kappa shape index (κ1) is 13.8. The van der Waals surface area contributed by atoms with Gasteiger partial charge in [-0.25, -0.2) is 0 Å². The zero-order valence-electron chi connectivity index (χ0n) is 9.16. The molecule has 2 aromatic rings. The lowest BCUT2D eigenvalue weighted by Crippen LogP contribution is -2.11. The first-order chi connectivity index (χ1) is 8.79. The second kappa shape index (κ2) is 4.82. The number of alkyl halides is 3. The minimum Gasteiger partial charge on any atom is -0.299 e. The smallest absolute Gasteiger partial charge is 0.299 e. The number of nitrogens with zero attached hydrogens (tertiary/aromatic N) is 1. The topological polar surface area (TPSA) is 37.8 Å². The van der Waals surface area contributed by atoms with Crippen LogP contribution in [0.1, 0.15) is 5.56 Å². The molecule has 0 saturated carbocycles. The lowest BCUT2D eigenvalue weighted by Gasteiger charge is -2.12. The van der Waals surface area contributed by atoms with Gasteiger partial charge in [0.15, 0.2) is 4.77 Å². The van der Waals surface area contributed by atoms with Gasteiger partial charge in [0.2, 0.25) is 0 Å². The molecule has 19 heavy (non-hydrogen) atoms. The molecular formula is C11H6ClF3N2OS.